The van der Waals surface area contributed by atoms with Crippen molar-refractivity contribution in [2.75, 3.05) is 13.1 Å². The van der Waals surface area contributed by atoms with Crippen LogP contribution in [-0.4, -0.2) is 25.8 Å². The second-order valence-corrected chi connectivity index (χ2v) is 8.17. The van der Waals surface area contributed by atoms with Gasteiger partial charge in [0.25, 0.3) is 0 Å². The average Bonchev–Trinajstić information content (AvgIpc) is 2.64. The fourth-order valence-corrected chi connectivity index (χ4v) is 4.32. The first-order valence-electron chi connectivity index (χ1n) is 7.06. The van der Waals surface area contributed by atoms with Gasteiger partial charge in [0.05, 0.1) is 6.54 Å². The molecule has 0 bridgehead atoms. The van der Waals surface area contributed by atoms with Crippen molar-refractivity contribution in [3.8, 4) is 0 Å². The molecule has 0 atom stereocenters. The molecule has 1 aliphatic rings. The Morgan fingerprint density at radius 1 is 1.35 bits per heavy atom. The van der Waals surface area contributed by atoms with E-state index in [1.165, 1.54) is 0 Å². The first-order chi connectivity index (χ1) is 9.26. The van der Waals surface area contributed by atoms with E-state index in [2.05, 4.69) is 13.8 Å². The molecule has 5 nitrogen and oxygen atoms in total. The van der Waals surface area contributed by atoms with E-state index in [0.29, 0.717) is 24.6 Å². The van der Waals surface area contributed by atoms with Crippen LogP contribution < -0.4 is 5.73 Å². The number of aryl methyl sites for hydroxylation is 1. The fraction of sp³-hybridized carbons (Fsp3) is 0.714. The molecule has 1 aliphatic heterocycles. The monoisotopic (exact) mass is 300 g/mol. The molecule has 1 saturated heterocycles. The van der Waals surface area contributed by atoms with E-state index in [-0.39, 0.29) is 16.9 Å². The highest BCUT2D eigenvalue weighted by molar-refractivity contribution is 7.89. The number of hydrogen-bond acceptors (Lipinski definition) is 4. The summed E-state index contributed by atoms with van der Waals surface area (Å²) < 4.78 is 32.4. The van der Waals surface area contributed by atoms with Gasteiger partial charge in [-0.05, 0) is 31.6 Å². The van der Waals surface area contributed by atoms with E-state index in [0.717, 1.165) is 19.3 Å². The van der Waals surface area contributed by atoms with Gasteiger partial charge in [0.2, 0.25) is 10.0 Å². The zero-order valence-electron chi connectivity index (χ0n) is 12.5. The second kappa shape index (κ2) is 5.50. The van der Waals surface area contributed by atoms with E-state index in [9.17, 15) is 8.42 Å². The SMILES string of the molecule is Cc1oc(CN)cc1S(=O)(=O)N1CCCC(C)(C)CC1. The third kappa shape index (κ3) is 3.07. The van der Waals surface area contributed by atoms with Crippen molar-refractivity contribution < 1.29 is 12.8 Å². The predicted octanol–water partition coefficient (Wildman–Crippen LogP) is 2.25. The number of nitrogens with zero attached hydrogens (tertiary/aromatic N) is 1. The van der Waals surface area contributed by atoms with Crippen LogP contribution in [0.15, 0.2) is 15.4 Å². The van der Waals surface area contributed by atoms with Crippen LogP contribution in [0.25, 0.3) is 0 Å². The molecule has 0 amide bonds. The van der Waals surface area contributed by atoms with Crippen LogP contribution in [-0.2, 0) is 16.6 Å². The molecule has 1 aromatic heterocycles. The molecule has 2 N–H and O–H groups in total. The van der Waals surface area contributed by atoms with Crippen molar-refractivity contribution in [3.05, 3.63) is 17.6 Å². The lowest BCUT2D eigenvalue weighted by molar-refractivity contribution is 0.314. The molecule has 0 aliphatic carbocycles. The van der Waals surface area contributed by atoms with Gasteiger partial charge in [-0.25, -0.2) is 8.42 Å². The Labute approximate surface area is 121 Å². The lowest BCUT2D eigenvalue weighted by Gasteiger charge is -2.22. The molecule has 0 spiro atoms. The average molecular weight is 300 g/mol. The lowest BCUT2D eigenvalue weighted by Crippen LogP contribution is -2.32. The van der Waals surface area contributed by atoms with Crippen LogP contribution in [0, 0.1) is 12.3 Å². The third-order valence-electron chi connectivity index (χ3n) is 4.04. The summed E-state index contributed by atoms with van der Waals surface area (Å²) in [6.45, 7) is 7.42. The number of rotatable bonds is 3. The number of furan rings is 1. The zero-order chi connectivity index (χ0) is 15.0. The van der Waals surface area contributed by atoms with Gasteiger partial charge in [0.1, 0.15) is 16.4 Å². The Morgan fingerprint density at radius 3 is 2.65 bits per heavy atom. The summed E-state index contributed by atoms with van der Waals surface area (Å²) in [5.41, 5.74) is 5.72. The van der Waals surface area contributed by atoms with Gasteiger partial charge in [-0.1, -0.05) is 13.8 Å². The number of sulfonamides is 1. The molecular formula is C14H24N2O3S. The minimum absolute atomic E-state index is 0.206. The minimum Gasteiger partial charge on any atom is -0.464 e. The summed E-state index contributed by atoms with van der Waals surface area (Å²) in [7, 11) is -3.47. The largest absolute Gasteiger partial charge is 0.464 e. The van der Waals surface area contributed by atoms with Gasteiger partial charge >= 0.3 is 0 Å². The molecule has 114 valence electrons. The maximum absolute atomic E-state index is 12.7. The quantitative estimate of drug-likeness (QED) is 0.929. The Bertz CT molecular complexity index is 575. The fourth-order valence-electron chi connectivity index (χ4n) is 2.66. The molecule has 0 unspecified atom stereocenters. The first-order valence-corrected chi connectivity index (χ1v) is 8.50. The summed E-state index contributed by atoms with van der Waals surface area (Å²) in [6.07, 6.45) is 2.83. The summed E-state index contributed by atoms with van der Waals surface area (Å²) >= 11 is 0. The molecule has 20 heavy (non-hydrogen) atoms. The van der Waals surface area contributed by atoms with Gasteiger partial charge < -0.3 is 10.2 Å². The van der Waals surface area contributed by atoms with Crippen molar-refractivity contribution in [2.24, 2.45) is 11.1 Å². The summed E-state index contributed by atoms with van der Waals surface area (Å²) in [5, 5.41) is 0. The van der Waals surface area contributed by atoms with Crippen molar-refractivity contribution in [1.29, 1.82) is 0 Å². The highest BCUT2D eigenvalue weighted by Crippen LogP contribution is 2.32. The minimum atomic E-state index is -3.47. The molecule has 2 rings (SSSR count). The number of nitrogens with two attached hydrogens (primary N) is 1. The van der Waals surface area contributed by atoms with Crippen molar-refractivity contribution in [3.63, 3.8) is 0 Å². The highest BCUT2D eigenvalue weighted by Gasteiger charge is 2.32. The van der Waals surface area contributed by atoms with E-state index < -0.39 is 10.0 Å². The maximum Gasteiger partial charge on any atom is 0.246 e. The second-order valence-electron chi connectivity index (χ2n) is 6.26. The van der Waals surface area contributed by atoms with Gasteiger partial charge in [-0.3, -0.25) is 0 Å². The third-order valence-corrected chi connectivity index (χ3v) is 6.05. The van der Waals surface area contributed by atoms with Gasteiger partial charge in [0, 0.05) is 19.2 Å². The molecule has 0 saturated carbocycles. The Morgan fingerprint density at radius 2 is 2.05 bits per heavy atom. The molecule has 1 fully saturated rings. The summed E-state index contributed by atoms with van der Waals surface area (Å²) in [4.78, 5) is 0.262. The molecule has 2 heterocycles. The highest BCUT2D eigenvalue weighted by atomic mass is 32.2. The van der Waals surface area contributed by atoms with Crippen LogP contribution in [0.3, 0.4) is 0 Å². The maximum atomic E-state index is 12.7. The topological polar surface area (TPSA) is 76.5 Å². The summed E-state index contributed by atoms with van der Waals surface area (Å²) in [6, 6.07) is 1.56. The Hall–Kier alpha value is -0.850. The van der Waals surface area contributed by atoms with Crippen molar-refractivity contribution >= 4 is 10.0 Å². The number of hydrogen-bond donors (Lipinski definition) is 1. The van der Waals surface area contributed by atoms with E-state index in [1.54, 1.807) is 17.3 Å². The Balaban J connectivity index is 2.28. The van der Waals surface area contributed by atoms with Crippen LogP contribution in [0.4, 0.5) is 0 Å². The van der Waals surface area contributed by atoms with Crippen LogP contribution >= 0.6 is 0 Å². The standard InChI is InChI=1S/C14H24N2O3S/c1-11-13(9-12(10-15)19-11)20(17,18)16-7-4-5-14(2,3)6-8-16/h9H,4-8,10,15H2,1-3H3. The predicted molar refractivity (Wildman–Crippen MR) is 77.7 cm³/mol. The molecular weight excluding hydrogens is 276 g/mol. The van der Waals surface area contributed by atoms with E-state index in [1.807, 2.05) is 0 Å². The normalized spacial score (nSPS) is 20.8. The van der Waals surface area contributed by atoms with E-state index >= 15 is 0 Å². The van der Waals surface area contributed by atoms with Crippen molar-refractivity contribution in [2.45, 2.75) is 51.5 Å². The lowest BCUT2D eigenvalue weighted by atomic mass is 9.85. The summed E-state index contributed by atoms with van der Waals surface area (Å²) in [5.74, 6) is 0.935. The molecule has 0 aromatic carbocycles. The van der Waals surface area contributed by atoms with Gasteiger partial charge in [-0.15, -0.1) is 0 Å². The molecule has 1 aromatic rings. The van der Waals surface area contributed by atoms with Gasteiger partial charge in [0.15, 0.2) is 0 Å². The smallest absolute Gasteiger partial charge is 0.246 e. The van der Waals surface area contributed by atoms with Crippen LogP contribution in [0.1, 0.15) is 44.6 Å². The van der Waals surface area contributed by atoms with Crippen LogP contribution in [0.5, 0.6) is 0 Å². The zero-order valence-corrected chi connectivity index (χ0v) is 13.3. The first kappa shape index (κ1) is 15.5. The van der Waals surface area contributed by atoms with Gasteiger partial charge in [-0.2, -0.15) is 4.31 Å². The van der Waals surface area contributed by atoms with E-state index in [4.69, 9.17) is 10.2 Å². The molecule has 0 radical (unpaired) electrons. The molecule has 6 heteroatoms. The van der Waals surface area contributed by atoms with Crippen LogP contribution in [0.2, 0.25) is 0 Å². The Kier molecular flexibility index (Phi) is 4.27. The van der Waals surface area contributed by atoms with Crippen molar-refractivity contribution in [1.82, 2.24) is 4.31 Å².